The van der Waals surface area contributed by atoms with E-state index in [1.165, 1.54) is 0 Å². The molecule has 2 heterocycles. The van der Waals surface area contributed by atoms with Gasteiger partial charge in [-0.15, -0.1) is 11.6 Å². The van der Waals surface area contributed by atoms with Gasteiger partial charge in [-0.25, -0.2) is 9.97 Å². The van der Waals surface area contributed by atoms with Gasteiger partial charge < -0.3 is 4.57 Å². The van der Waals surface area contributed by atoms with Crippen LogP contribution in [0.2, 0.25) is 0 Å². The Morgan fingerprint density at radius 2 is 2.06 bits per heavy atom. The molecule has 0 aliphatic heterocycles. The van der Waals surface area contributed by atoms with Gasteiger partial charge >= 0.3 is 0 Å². The van der Waals surface area contributed by atoms with Gasteiger partial charge in [-0.1, -0.05) is 13.8 Å². The molecule has 18 heavy (non-hydrogen) atoms. The van der Waals surface area contributed by atoms with Crippen LogP contribution in [0.25, 0.3) is 11.2 Å². The highest BCUT2D eigenvalue weighted by atomic mass is 35.5. The van der Waals surface area contributed by atoms with Crippen LogP contribution in [0.1, 0.15) is 44.0 Å². The van der Waals surface area contributed by atoms with Crippen LogP contribution in [0.5, 0.6) is 0 Å². The predicted molar refractivity (Wildman–Crippen MR) is 76.0 cm³/mol. The van der Waals surface area contributed by atoms with E-state index in [0.29, 0.717) is 5.92 Å². The summed E-state index contributed by atoms with van der Waals surface area (Å²) in [5, 5.41) is -0.0910. The van der Waals surface area contributed by atoms with Crippen LogP contribution in [0.3, 0.4) is 0 Å². The molecule has 4 heteroatoms. The predicted octanol–water partition coefficient (Wildman–Crippen LogP) is 4.09. The van der Waals surface area contributed by atoms with Crippen molar-refractivity contribution < 1.29 is 0 Å². The van der Waals surface area contributed by atoms with E-state index in [9.17, 15) is 0 Å². The molecule has 0 spiro atoms. The molecule has 0 saturated carbocycles. The molecular formula is C14H20ClN3. The summed E-state index contributed by atoms with van der Waals surface area (Å²) in [5.74, 6) is 1.58. The zero-order valence-electron chi connectivity index (χ0n) is 11.4. The fraction of sp³-hybridized carbons (Fsp3) is 0.571. The maximum atomic E-state index is 6.22. The first-order valence-electron chi connectivity index (χ1n) is 6.46. The summed E-state index contributed by atoms with van der Waals surface area (Å²) < 4.78 is 2.16. The van der Waals surface area contributed by atoms with Crippen LogP contribution < -0.4 is 0 Å². The summed E-state index contributed by atoms with van der Waals surface area (Å²) in [6.45, 7) is 9.36. The maximum Gasteiger partial charge on any atom is 0.160 e. The lowest BCUT2D eigenvalue weighted by molar-refractivity contribution is 0.510. The van der Waals surface area contributed by atoms with Crippen LogP contribution in [0.15, 0.2) is 12.3 Å². The molecule has 0 saturated heterocycles. The fourth-order valence-electron chi connectivity index (χ4n) is 2.04. The van der Waals surface area contributed by atoms with Gasteiger partial charge in [0.2, 0.25) is 0 Å². The van der Waals surface area contributed by atoms with E-state index in [4.69, 9.17) is 11.6 Å². The lowest BCUT2D eigenvalue weighted by Crippen LogP contribution is -2.07. The molecular weight excluding hydrogens is 246 g/mol. The van der Waals surface area contributed by atoms with Crippen molar-refractivity contribution in [1.82, 2.24) is 14.5 Å². The third-order valence-electron chi connectivity index (χ3n) is 3.04. The Labute approximate surface area is 113 Å². The average molecular weight is 266 g/mol. The number of hydrogen-bond acceptors (Lipinski definition) is 2. The quantitative estimate of drug-likeness (QED) is 0.780. The van der Waals surface area contributed by atoms with E-state index in [0.717, 1.165) is 35.5 Å². The number of fused-ring (bicyclic) bond motifs is 1. The Morgan fingerprint density at radius 3 is 2.67 bits per heavy atom. The molecule has 3 nitrogen and oxygen atoms in total. The Bertz CT molecular complexity index is 543. The highest BCUT2D eigenvalue weighted by Gasteiger charge is 2.15. The Kier molecular flexibility index (Phi) is 3.91. The molecule has 0 aromatic carbocycles. The third-order valence-corrected chi connectivity index (χ3v) is 3.23. The topological polar surface area (TPSA) is 30.7 Å². The summed E-state index contributed by atoms with van der Waals surface area (Å²) in [5.41, 5.74) is 3.02. The highest BCUT2D eigenvalue weighted by molar-refractivity contribution is 6.20. The van der Waals surface area contributed by atoms with Gasteiger partial charge in [0, 0.05) is 12.7 Å². The van der Waals surface area contributed by atoms with E-state index in [2.05, 4.69) is 34.4 Å². The number of alkyl halides is 1. The van der Waals surface area contributed by atoms with Crippen molar-refractivity contribution in [3.63, 3.8) is 0 Å². The number of pyridine rings is 1. The number of imidazole rings is 1. The van der Waals surface area contributed by atoms with Crippen molar-refractivity contribution in [3.8, 4) is 0 Å². The SMILES string of the molecule is Cc1cnc2c(c1)nc(C(C)Cl)n2CCC(C)C. The van der Waals surface area contributed by atoms with Crippen molar-refractivity contribution in [2.45, 2.75) is 46.0 Å². The van der Waals surface area contributed by atoms with E-state index >= 15 is 0 Å². The summed E-state index contributed by atoms with van der Waals surface area (Å²) >= 11 is 6.22. The van der Waals surface area contributed by atoms with Gasteiger partial charge in [-0.3, -0.25) is 0 Å². The molecule has 0 amide bonds. The molecule has 2 rings (SSSR count). The zero-order valence-corrected chi connectivity index (χ0v) is 12.2. The number of nitrogens with zero attached hydrogens (tertiary/aromatic N) is 3. The standard InChI is InChI=1S/C14H20ClN3/c1-9(2)5-6-18-13(11(4)15)17-12-7-10(3)8-16-14(12)18/h7-9,11H,5-6H2,1-4H3. The van der Waals surface area contributed by atoms with Crippen molar-refractivity contribution in [2.24, 2.45) is 5.92 Å². The molecule has 0 N–H and O–H groups in total. The van der Waals surface area contributed by atoms with E-state index in [1.54, 1.807) is 0 Å². The maximum absolute atomic E-state index is 6.22. The van der Waals surface area contributed by atoms with Gasteiger partial charge in [0.05, 0.1) is 5.38 Å². The smallest absolute Gasteiger partial charge is 0.160 e. The van der Waals surface area contributed by atoms with Crippen molar-refractivity contribution in [3.05, 3.63) is 23.7 Å². The second-order valence-electron chi connectivity index (χ2n) is 5.28. The number of rotatable bonds is 4. The minimum Gasteiger partial charge on any atom is -0.311 e. The van der Waals surface area contributed by atoms with Gasteiger partial charge in [0.1, 0.15) is 11.3 Å². The fourth-order valence-corrected chi connectivity index (χ4v) is 2.21. The Morgan fingerprint density at radius 1 is 1.33 bits per heavy atom. The first-order chi connectivity index (χ1) is 8.49. The molecule has 0 aliphatic rings. The van der Waals surface area contributed by atoms with Crippen LogP contribution in [0, 0.1) is 12.8 Å². The monoisotopic (exact) mass is 265 g/mol. The van der Waals surface area contributed by atoms with Gasteiger partial charge in [-0.2, -0.15) is 0 Å². The summed E-state index contributed by atoms with van der Waals surface area (Å²) in [6, 6.07) is 2.07. The molecule has 0 aliphatic carbocycles. The minimum atomic E-state index is -0.0910. The molecule has 1 atom stereocenters. The van der Waals surface area contributed by atoms with E-state index in [1.807, 2.05) is 20.0 Å². The third kappa shape index (κ3) is 2.66. The average Bonchev–Trinajstić information content (AvgIpc) is 2.64. The lowest BCUT2D eigenvalue weighted by atomic mass is 10.1. The zero-order chi connectivity index (χ0) is 13.3. The number of halogens is 1. The molecule has 1 unspecified atom stereocenters. The van der Waals surface area contributed by atoms with Crippen LogP contribution in [-0.4, -0.2) is 14.5 Å². The second kappa shape index (κ2) is 5.27. The lowest BCUT2D eigenvalue weighted by Gasteiger charge is -2.11. The summed E-state index contributed by atoms with van der Waals surface area (Å²) in [6.07, 6.45) is 3.00. The van der Waals surface area contributed by atoms with E-state index < -0.39 is 0 Å². The molecule has 2 aromatic rings. The first-order valence-corrected chi connectivity index (χ1v) is 6.89. The van der Waals surface area contributed by atoms with Crippen LogP contribution >= 0.6 is 11.6 Å². The first kappa shape index (κ1) is 13.3. The van der Waals surface area contributed by atoms with Crippen LogP contribution in [-0.2, 0) is 6.54 Å². The molecule has 0 fully saturated rings. The normalized spacial score (nSPS) is 13.4. The highest BCUT2D eigenvalue weighted by Crippen LogP contribution is 2.24. The summed E-state index contributed by atoms with van der Waals surface area (Å²) in [7, 11) is 0. The Balaban J connectivity index is 2.48. The van der Waals surface area contributed by atoms with Gasteiger partial charge in [0.15, 0.2) is 5.65 Å². The second-order valence-corrected chi connectivity index (χ2v) is 5.93. The number of hydrogen-bond donors (Lipinski definition) is 0. The van der Waals surface area contributed by atoms with E-state index in [-0.39, 0.29) is 5.38 Å². The van der Waals surface area contributed by atoms with Crippen molar-refractivity contribution in [2.75, 3.05) is 0 Å². The van der Waals surface area contributed by atoms with Crippen molar-refractivity contribution >= 4 is 22.8 Å². The van der Waals surface area contributed by atoms with Gasteiger partial charge in [-0.05, 0) is 37.8 Å². The largest absolute Gasteiger partial charge is 0.311 e. The molecule has 98 valence electrons. The molecule has 0 radical (unpaired) electrons. The molecule has 2 aromatic heterocycles. The van der Waals surface area contributed by atoms with Crippen LogP contribution in [0.4, 0.5) is 0 Å². The Hall–Kier alpha value is -1.09. The minimum absolute atomic E-state index is 0.0910. The number of aromatic nitrogens is 3. The number of aryl methyl sites for hydroxylation is 2. The summed E-state index contributed by atoms with van der Waals surface area (Å²) in [4.78, 5) is 9.12. The van der Waals surface area contributed by atoms with Gasteiger partial charge in [0.25, 0.3) is 0 Å². The van der Waals surface area contributed by atoms with Crippen molar-refractivity contribution in [1.29, 1.82) is 0 Å². The molecule has 0 bridgehead atoms.